The minimum Gasteiger partial charge on any atom is -0.350 e. The molecule has 5 nitrogen and oxygen atoms in total. The number of nitrogens with zero attached hydrogens (tertiary/aromatic N) is 3. The molecule has 1 aromatic carbocycles. The van der Waals surface area contributed by atoms with Crippen molar-refractivity contribution >= 4 is 29.1 Å². The summed E-state index contributed by atoms with van der Waals surface area (Å²) in [5.41, 5.74) is -0.496. The Morgan fingerprint density at radius 3 is 2.31 bits per heavy atom. The molecule has 0 bridgehead atoms. The zero-order valence-corrected chi connectivity index (χ0v) is 16.7. The van der Waals surface area contributed by atoms with Gasteiger partial charge in [0.05, 0.1) is 27.7 Å². The van der Waals surface area contributed by atoms with E-state index in [0.29, 0.717) is 11.4 Å². The Labute approximate surface area is 171 Å². The van der Waals surface area contributed by atoms with Gasteiger partial charge in [-0.1, -0.05) is 23.7 Å². The summed E-state index contributed by atoms with van der Waals surface area (Å²) in [5.74, 6) is 0.412. The fourth-order valence-corrected chi connectivity index (χ4v) is 2.79. The van der Waals surface area contributed by atoms with E-state index in [1.54, 1.807) is 24.4 Å². The van der Waals surface area contributed by atoms with E-state index in [-0.39, 0.29) is 28.0 Å². The van der Waals surface area contributed by atoms with Gasteiger partial charge in [-0.15, -0.1) is 0 Å². The molecule has 0 spiro atoms. The second kappa shape index (κ2) is 7.87. The Hall–Kier alpha value is -2.87. The van der Waals surface area contributed by atoms with Gasteiger partial charge in [-0.05, 0) is 45.0 Å². The summed E-state index contributed by atoms with van der Waals surface area (Å²) in [6.07, 6.45) is -2.96. The van der Waals surface area contributed by atoms with Crippen LogP contribution in [0.15, 0.2) is 48.7 Å². The maximum atomic E-state index is 13.4. The van der Waals surface area contributed by atoms with Gasteiger partial charge < -0.3 is 10.6 Å². The van der Waals surface area contributed by atoms with Crippen molar-refractivity contribution in [1.82, 2.24) is 15.0 Å². The number of para-hydroxylation sites is 1. The van der Waals surface area contributed by atoms with Crippen LogP contribution in [0.4, 0.5) is 30.6 Å². The molecule has 0 saturated carbocycles. The standard InChI is InChI=1S/C20H19ClF3N5/c1-19(2,3)29-18-26-15(14-9-4-5-10-25-14)11-16(28-18)27-17-12(20(22,23)24)7-6-8-13(17)21/h4-11H,1-3H3,(H2,26,27,28,29). The number of aromatic nitrogens is 3. The molecule has 152 valence electrons. The molecular weight excluding hydrogens is 403 g/mol. The van der Waals surface area contributed by atoms with Crippen LogP contribution in [0, 0.1) is 0 Å². The minimum atomic E-state index is -4.57. The molecule has 3 rings (SSSR count). The summed E-state index contributed by atoms with van der Waals surface area (Å²) in [5, 5.41) is 5.78. The third-order valence-corrected chi connectivity index (χ3v) is 4.03. The number of rotatable bonds is 4. The topological polar surface area (TPSA) is 62.7 Å². The van der Waals surface area contributed by atoms with Gasteiger partial charge >= 0.3 is 6.18 Å². The number of hydrogen-bond acceptors (Lipinski definition) is 5. The van der Waals surface area contributed by atoms with Gasteiger partial charge in [-0.3, -0.25) is 4.98 Å². The van der Waals surface area contributed by atoms with E-state index in [9.17, 15) is 13.2 Å². The highest BCUT2D eigenvalue weighted by atomic mass is 35.5. The Balaban J connectivity index is 2.09. The molecule has 0 amide bonds. The Morgan fingerprint density at radius 1 is 0.931 bits per heavy atom. The van der Waals surface area contributed by atoms with E-state index >= 15 is 0 Å². The molecule has 0 fully saturated rings. The van der Waals surface area contributed by atoms with Gasteiger partial charge in [0, 0.05) is 17.8 Å². The highest BCUT2D eigenvalue weighted by Crippen LogP contribution is 2.40. The summed E-state index contributed by atoms with van der Waals surface area (Å²) in [6, 6.07) is 10.4. The molecule has 3 aromatic rings. The summed E-state index contributed by atoms with van der Waals surface area (Å²) in [7, 11) is 0. The molecule has 2 aromatic heterocycles. The van der Waals surface area contributed by atoms with E-state index in [2.05, 4.69) is 25.6 Å². The van der Waals surface area contributed by atoms with Crippen molar-refractivity contribution in [3.8, 4) is 11.4 Å². The van der Waals surface area contributed by atoms with Crippen LogP contribution in [-0.2, 0) is 6.18 Å². The first kappa shape index (κ1) is 20.9. The van der Waals surface area contributed by atoms with Crippen LogP contribution < -0.4 is 10.6 Å². The van der Waals surface area contributed by atoms with Crippen LogP contribution in [0.3, 0.4) is 0 Å². The first-order chi connectivity index (χ1) is 13.5. The average molecular weight is 422 g/mol. The SMILES string of the molecule is CC(C)(C)Nc1nc(Nc2c(Cl)cccc2C(F)(F)F)cc(-c2ccccn2)n1. The van der Waals surface area contributed by atoms with Crippen molar-refractivity contribution in [3.63, 3.8) is 0 Å². The van der Waals surface area contributed by atoms with Gasteiger partial charge in [0.1, 0.15) is 5.82 Å². The quantitative estimate of drug-likeness (QED) is 0.527. The fraction of sp³-hybridized carbons (Fsp3) is 0.250. The number of benzene rings is 1. The fourth-order valence-electron chi connectivity index (χ4n) is 2.56. The number of nitrogens with one attached hydrogen (secondary N) is 2. The lowest BCUT2D eigenvalue weighted by molar-refractivity contribution is -0.136. The van der Waals surface area contributed by atoms with Gasteiger partial charge in [-0.25, -0.2) is 4.98 Å². The van der Waals surface area contributed by atoms with E-state index in [0.717, 1.165) is 6.07 Å². The van der Waals surface area contributed by atoms with Gasteiger partial charge in [0.25, 0.3) is 0 Å². The zero-order valence-electron chi connectivity index (χ0n) is 16.0. The van der Waals surface area contributed by atoms with Crippen molar-refractivity contribution in [3.05, 3.63) is 59.2 Å². The van der Waals surface area contributed by atoms with Crippen LogP contribution in [-0.4, -0.2) is 20.5 Å². The van der Waals surface area contributed by atoms with Gasteiger partial charge in [0.2, 0.25) is 5.95 Å². The summed E-state index contributed by atoms with van der Waals surface area (Å²) in [4.78, 5) is 13.0. The lowest BCUT2D eigenvalue weighted by atomic mass is 10.1. The van der Waals surface area contributed by atoms with E-state index < -0.39 is 11.7 Å². The first-order valence-electron chi connectivity index (χ1n) is 8.74. The molecule has 0 unspecified atom stereocenters. The first-order valence-corrected chi connectivity index (χ1v) is 9.12. The van der Waals surface area contributed by atoms with E-state index in [4.69, 9.17) is 11.6 Å². The van der Waals surface area contributed by atoms with Crippen molar-refractivity contribution in [1.29, 1.82) is 0 Å². The third kappa shape index (κ3) is 5.35. The molecule has 0 aliphatic carbocycles. The molecule has 0 aliphatic heterocycles. The third-order valence-electron chi connectivity index (χ3n) is 3.71. The smallest absolute Gasteiger partial charge is 0.350 e. The Bertz CT molecular complexity index is 1000. The van der Waals surface area contributed by atoms with Crippen LogP contribution in [0.5, 0.6) is 0 Å². The molecule has 2 N–H and O–H groups in total. The predicted octanol–water partition coefficient (Wildman–Crippen LogP) is 6.16. The van der Waals surface area contributed by atoms with Crippen LogP contribution >= 0.6 is 11.6 Å². The normalized spacial score (nSPS) is 12.0. The molecule has 0 saturated heterocycles. The van der Waals surface area contributed by atoms with Crippen LogP contribution in [0.2, 0.25) is 5.02 Å². The Kier molecular flexibility index (Phi) is 5.66. The largest absolute Gasteiger partial charge is 0.418 e. The number of halogens is 4. The van der Waals surface area contributed by atoms with Crippen molar-refractivity contribution < 1.29 is 13.2 Å². The van der Waals surface area contributed by atoms with Crippen LogP contribution in [0.1, 0.15) is 26.3 Å². The maximum absolute atomic E-state index is 13.4. The lowest BCUT2D eigenvalue weighted by Gasteiger charge is -2.22. The molecule has 0 radical (unpaired) electrons. The molecular formula is C20H19ClF3N5. The van der Waals surface area contributed by atoms with Gasteiger partial charge in [0.15, 0.2) is 0 Å². The van der Waals surface area contributed by atoms with Crippen LogP contribution in [0.25, 0.3) is 11.4 Å². The monoisotopic (exact) mass is 421 g/mol. The zero-order chi connectivity index (χ0) is 21.2. The highest BCUT2D eigenvalue weighted by Gasteiger charge is 2.34. The highest BCUT2D eigenvalue weighted by molar-refractivity contribution is 6.33. The van der Waals surface area contributed by atoms with Crippen molar-refractivity contribution in [2.75, 3.05) is 10.6 Å². The Morgan fingerprint density at radius 2 is 1.69 bits per heavy atom. The van der Waals surface area contributed by atoms with Crippen molar-refractivity contribution in [2.45, 2.75) is 32.5 Å². The number of hydrogen-bond donors (Lipinski definition) is 2. The number of anilines is 3. The molecule has 0 atom stereocenters. The van der Waals surface area contributed by atoms with E-state index in [1.807, 2.05) is 20.8 Å². The lowest BCUT2D eigenvalue weighted by Crippen LogP contribution is -2.27. The number of alkyl halides is 3. The maximum Gasteiger partial charge on any atom is 0.418 e. The average Bonchev–Trinajstić information content (AvgIpc) is 2.61. The van der Waals surface area contributed by atoms with Gasteiger partial charge in [-0.2, -0.15) is 18.2 Å². The minimum absolute atomic E-state index is 0.0665. The van der Waals surface area contributed by atoms with Crippen molar-refractivity contribution in [2.24, 2.45) is 0 Å². The molecule has 2 heterocycles. The second-order valence-corrected chi connectivity index (χ2v) is 7.74. The molecule has 29 heavy (non-hydrogen) atoms. The second-order valence-electron chi connectivity index (χ2n) is 7.34. The molecule has 0 aliphatic rings. The van der Waals surface area contributed by atoms with E-state index in [1.165, 1.54) is 18.2 Å². The number of pyridine rings is 1. The summed E-state index contributed by atoms with van der Waals surface area (Å²) < 4.78 is 40.3. The summed E-state index contributed by atoms with van der Waals surface area (Å²) >= 11 is 6.05. The summed E-state index contributed by atoms with van der Waals surface area (Å²) in [6.45, 7) is 5.77. The molecule has 9 heteroatoms. The predicted molar refractivity (Wildman–Crippen MR) is 108 cm³/mol.